The summed E-state index contributed by atoms with van der Waals surface area (Å²) in [6.45, 7) is 0.192. The van der Waals surface area contributed by atoms with Crippen LogP contribution in [-0.4, -0.2) is 25.0 Å². The van der Waals surface area contributed by atoms with Gasteiger partial charge in [-0.2, -0.15) is 0 Å². The number of hydrogen-bond donors (Lipinski definition) is 2. The largest absolute Gasteiger partial charge is 0.489 e. The van der Waals surface area contributed by atoms with Crippen molar-refractivity contribution in [3.63, 3.8) is 0 Å². The first-order chi connectivity index (χ1) is 14.2. The molecular weight excluding hydrogens is 368 g/mol. The van der Waals surface area contributed by atoms with Crippen LogP contribution in [0.2, 0.25) is 0 Å². The molecule has 3 aromatic carbocycles. The molecule has 2 N–H and O–H groups in total. The Bertz CT molecular complexity index is 913. The third-order valence-corrected chi connectivity index (χ3v) is 3.95. The summed E-state index contributed by atoms with van der Waals surface area (Å²) in [7, 11) is 0. The van der Waals surface area contributed by atoms with Crippen LogP contribution in [0.25, 0.3) is 0 Å². The highest BCUT2D eigenvalue weighted by Crippen LogP contribution is 2.17. The molecule has 0 spiro atoms. The van der Waals surface area contributed by atoms with E-state index in [1.165, 1.54) is 0 Å². The van der Waals surface area contributed by atoms with Gasteiger partial charge in [0.2, 0.25) is 5.91 Å². The van der Waals surface area contributed by atoms with Crippen LogP contribution in [0.15, 0.2) is 84.9 Å². The normalized spacial score (nSPS) is 10.1. The van der Waals surface area contributed by atoms with Crippen molar-refractivity contribution in [1.82, 2.24) is 5.32 Å². The van der Waals surface area contributed by atoms with E-state index in [9.17, 15) is 9.59 Å². The summed E-state index contributed by atoms with van der Waals surface area (Å²) in [6, 6.07) is 25.9. The number of amides is 2. The zero-order valence-corrected chi connectivity index (χ0v) is 15.8. The number of benzene rings is 3. The maximum Gasteiger partial charge on any atom is 0.258 e. The highest BCUT2D eigenvalue weighted by Gasteiger charge is 2.07. The minimum Gasteiger partial charge on any atom is -0.489 e. The van der Waals surface area contributed by atoms with Gasteiger partial charge in [0, 0.05) is 5.69 Å². The van der Waals surface area contributed by atoms with E-state index >= 15 is 0 Å². The fraction of sp³-hybridized carbons (Fsp3) is 0.130. The van der Waals surface area contributed by atoms with E-state index in [0.717, 1.165) is 5.56 Å². The maximum absolute atomic E-state index is 12.0. The summed E-state index contributed by atoms with van der Waals surface area (Å²) >= 11 is 0. The molecule has 0 aliphatic heterocycles. The third-order valence-electron chi connectivity index (χ3n) is 3.95. The lowest BCUT2D eigenvalue weighted by Crippen LogP contribution is -2.35. The summed E-state index contributed by atoms with van der Waals surface area (Å²) in [5.41, 5.74) is 1.70. The van der Waals surface area contributed by atoms with Crippen LogP contribution in [-0.2, 0) is 16.2 Å². The molecule has 6 heteroatoms. The van der Waals surface area contributed by atoms with E-state index in [0.29, 0.717) is 23.8 Å². The van der Waals surface area contributed by atoms with Gasteiger partial charge < -0.3 is 20.1 Å². The molecule has 6 nitrogen and oxygen atoms in total. The number of nitrogens with one attached hydrogen (secondary N) is 2. The second-order valence-electron chi connectivity index (χ2n) is 6.23. The minimum atomic E-state index is -0.367. The van der Waals surface area contributed by atoms with Crippen LogP contribution in [0.3, 0.4) is 0 Å². The zero-order chi connectivity index (χ0) is 20.3. The van der Waals surface area contributed by atoms with E-state index in [1.807, 2.05) is 48.5 Å². The molecule has 0 radical (unpaired) electrons. The molecule has 0 bridgehead atoms. The Balaban J connectivity index is 1.37. The van der Waals surface area contributed by atoms with E-state index < -0.39 is 0 Å². The fourth-order valence-electron chi connectivity index (χ4n) is 2.48. The van der Waals surface area contributed by atoms with Gasteiger partial charge in [-0.1, -0.05) is 48.5 Å². The molecule has 3 rings (SSSR count). The Labute approximate surface area is 169 Å². The summed E-state index contributed by atoms with van der Waals surface area (Å²) in [4.78, 5) is 23.8. The van der Waals surface area contributed by atoms with Gasteiger partial charge in [-0.05, 0) is 42.0 Å². The summed E-state index contributed by atoms with van der Waals surface area (Å²) < 4.78 is 11.0. The molecule has 0 saturated carbocycles. The average Bonchev–Trinajstić information content (AvgIpc) is 2.77. The number of anilines is 1. The van der Waals surface area contributed by atoms with Crippen molar-refractivity contribution in [3.8, 4) is 11.5 Å². The van der Waals surface area contributed by atoms with Crippen LogP contribution in [0.5, 0.6) is 11.5 Å². The lowest BCUT2D eigenvalue weighted by Gasteiger charge is -2.09. The lowest BCUT2D eigenvalue weighted by atomic mass is 10.2. The van der Waals surface area contributed by atoms with Gasteiger partial charge in [-0.25, -0.2) is 0 Å². The van der Waals surface area contributed by atoms with Gasteiger partial charge in [0.15, 0.2) is 6.61 Å². The first-order valence-electron chi connectivity index (χ1n) is 9.20. The molecule has 2 amide bonds. The van der Waals surface area contributed by atoms with Crippen LogP contribution < -0.4 is 20.1 Å². The van der Waals surface area contributed by atoms with Crippen LogP contribution >= 0.6 is 0 Å². The molecule has 148 valence electrons. The maximum atomic E-state index is 12.0. The van der Waals surface area contributed by atoms with E-state index in [4.69, 9.17) is 9.47 Å². The van der Waals surface area contributed by atoms with Gasteiger partial charge in [0.25, 0.3) is 5.91 Å². The molecule has 29 heavy (non-hydrogen) atoms. The summed E-state index contributed by atoms with van der Waals surface area (Å²) in [6.07, 6.45) is 0. The quantitative estimate of drug-likeness (QED) is 0.587. The van der Waals surface area contributed by atoms with Gasteiger partial charge >= 0.3 is 0 Å². The molecule has 0 saturated heterocycles. The number of hydrogen-bond acceptors (Lipinski definition) is 4. The number of carbonyl (C=O) groups excluding carboxylic acids is 2. The Hall–Kier alpha value is -3.80. The predicted molar refractivity (Wildman–Crippen MR) is 111 cm³/mol. The number of para-hydroxylation sites is 1. The first kappa shape index (κ1) is 19.9. The van der Waals surface area contributed by atoms with Crippen molar-refractivity contribution in [1.29, 1.82) is 0 Å². The first-order valence-corrected chi connectivity index (χ1v) is 9.20. The van der Waals surface area contributed by atoms with Crippen LogP contribution in [0.4, 0.5) is 5.69 Å². The predicted octanol–water partition coefficient (Wildman–Crippen LogP) is 3.40. The van der Waals surface area contributed by atoms with Crippen LogP contribution in [0, 0.1) is 0 Å². The molecule has 0 aliphatic rings. The van der Waals surface area contributed by atoms with Crippen molar-refractivity contribution < 1.29 is 19.1 Å². The minimum absolute atomic E-state index is 0.136. The molecule has 0 fully saturated rings. The van der Waals surface area contributed by atoms with Crippen LogP contribution in [0.1, 0.15) is 5.56 Å². The summed E-state index contributed by atoms with van der Waals surface area (Å²) in [5.74, 6) is 0.615. The van der Waals surface area contributed by atoms with E-state index in [1.54, 1.807) is 36.4 Å². The lowest BCUT2D eigenvalue weighted by molar-refractivity contribution is -0.125. The van der Waals surface area contributed by atoms with Crippen molar-refractivity contribution >= 4 is 17.5 Å². The molecule has 0 aromatic heterocycles. The summed E-state index contributed by atoms with van der Waals surface area (Å²) in [5, 5.41) is 5.24. The Kier molecular flexibility index (Phi) is 7.23. The number of rotatable bonds is 9. The van der Waals surface area contributed by atoms with Crippen molar-refractivity contribution in [3.05, 3.63) is 90.5 Å². The van der Waals surface area contributed by atoms with Gasteiger partial charge in [0.1, 0.15) is 18.1 Å². The Morgan fingerprint density at radius 2 is 1.31 bits per heavy atom. The topological polar surface area (TPSA) is 76.7 Å². The average molecular weight is 390 g/mol. The van der Waals surface area contributed by atoms with Crippen molar-refractivity contribution in [2.45, 2.75) is 6.61 Å². The van der Waals surface area contributed by atoms with E-state index in [2.05, 4.69) is 10.6 Å². The molecular formula is C23H22N2O4. The second kappa shape index (κ2) is 10.5. The highest BCUT2D eigenvalue weighted by atomic mass is 16.5. The van der Waals surface area contributed by atoms with Gasteiger partial charge in [-0.3, -0.25) is 9.59 Å². The standard InChI is InChI=1S/C23H22N2O4/c26-22(15-24-23(27)17-29-20-9-5-2-6-10-20)25-19-11-13-21(14-12-19)28-16-18-7-3-1-4-8-18/h1-14H,15-17H2,(H,24,27)(H,25,26). The van der Waals surface area contributed by atoms with Gasteiger partial charge in [0.05, 0.1) is 6.54 Å². The second-order valence-corrected chi connectivity index (χ2v) is 6.23. The number of ether oxygens (including phenoxy) is 2. The molecule has 0 atom stereocenters. The van der Waals surface area contributed by atoms with Gasteiger partial charge in [-0.15, -0.1) is 0 Å². The van der Waals surface area contributed by atoms with Crippen molar-refractivity contribution in [2.75, 3.05) is 18.5 Å². The molecule has 0 heterocycles. The molecule has 0 unspecified atom stereocenters. The Morgan fingerprint density at radius 3 is 2.00 bits per heavy atom. The zero-order valence-electron chi connectivity index (χ0n) is 15.8. The fourth-order valence-corrected chi connectivity index (χ4v) is 2.48. The molecule has 0 aliphatic carbocycles. The monoisotopic (exact) mass is 390 g/mol. The highest BCUT2D eigenvalue weighted by molar-refractivity contribution is 5.94. The van der Waals surface area contributed by atoms with E-state index in [-0.39, 0.29) is 25.0 Å². The Morgan fingerprint density at radius 1 is 0.690 bits per heavy atom. The third kappa shape index (κ3) is 7.03. The smallest absolute Gasteiger partial charge is 0.258 e. The number of carbonyl (C=O) groups is 2. The van der Waals surface area contributed by atoms with Crippen molar-refractivity contribution in [2.24, 2.45) is 0 Å². The molecule has 3 aromatic rings. The SMILES string of the molecule is O=C(COc1ccccc1)NCC(=O)Nc1ccc(OCc2ccccc2)cc1.